The molecule has 0 saturated carbocycles. The lowest BCUT2D eigenvalue weighted by atomic mass is 9.93. The second-order valence-electron chi connectivity index (χ2n) is 3.10. The maximum atomic E-state index is 2.39. The van der Waals surface area contributed by atoms with Crippen LogP contribution in [0.2, 0.25) is 0 Å². The zero-order chi connectivity index (χ0) is 7.40. The molecule has 10 heavy (non-hydrogen) atoms. The van der Waals surface area contributed by atoms with Gasteiger partial charge < -0.3 is 0 Å². The van der Waals surface area contributed by atoms with E-state index in [2.05, 4.69) is 32.1 Å². The van der Waals surface area contributed by atoms with E-state index >= 15 is 0 Å². The van der Waals surface area contributed by atoms with E-state index in [0.717, 1.165) is 5.92 Å². The Balaban J connectivity index is 2.43. The van der Waals surface area contributed by atoms with Crippen molar-refractivity contribution in [2.45, 2.75) is 33.1 Å². The maximum absolute atomic E-state index is 2.39. The van der Waals surface area contributed by atoms with E-state index in [9.17, 15) is 0 Å². The molecule has 0 N–H and O–H groups in total. The first kappa shape index (κ1) is 7.59. The van der Waals surface area contributed by atoms with Crippen LogP contribution in [0.4, 0.5) is 0 Å². The van der Waals surface area contributed by atoms with Crippen LogP contribution >= 0.6 is 0 Å². The van der Waals surface area contributed by atoms with E-state index < -0.39 is 0 Å². The van der Waals surface area contributed by atoms with E-state index in [4.69, 9.17) is 0 Å². The van der Waals surface area contributed by atoms with Gasteiger partial charge in [-0.15, -0.1) is 0 Å². The summed E-state index contributed by atoms with van der Waals surface area (Å²) in [6.07, 6.45) is 10.8. The molecule has 0 radical (unpaired) electrons. The molecule has 1 unspecified atom stereocenters. The van der Waals surface area contributed by atoms with Crippen molar-refractivity contribution in [1.82, 2.24) is 0 Å². The van der Waals surface area contributed by atoms with Gasteiger partial charge in [0.15, 0.2) is 0 Å². The maximum Gasteiger partial charge on any atom is -0.0193 e. The fourth-order valence-corrected chi connectivity index (χ4v) is 1.50. The summed E-state index contributed by atoms with van der Waals surface area (Å²) in [5, 5.41) is 0. The Labute approximate surface area is 63.6 Å². The van der Waals surface area contributed by atoms with Gasteiger partial charge in [0.1, 0.15) is 0 Å². The molecule has 0 aliphatic heterocycles. The topological polar surface area (TPSA) is 0 Å². The van der Waals surface area contributed by atoms with E-state index in [0.29, 0.717) is 0 Å². The third kappa shape index (κ3) is 2.02. The third-order valence-corrected chi connectivity index (χ3v) is 1.98. The molecule has 0 amide bonds. The SMILES string of the molecule is CCCC1C=C(C)C=CC1. The predicted octanol–water partition coefficient (Wildman–Crippen LogP) is 3.31. The van der Waals surface area contributed by atoms with Gasteiger partial charge in [-0.1, -0.05) is 37.1 Å². The average molecular weight is 136 g/mol. The second-order valence-corrected chi connectivity index (χ2v) is 3.10. The zero-order valence-corrected chi connectivity index (χ0v) is 6.93. The van der Waals surface area contributed by atoms with Crippen LogP contribution in [0.1, 0.15) is 33.1 Å². The summed E-state index contributed by atoms with van der Waals surface area (Å²) in [7, 11) is 0. The lowest BCUT2D eigenvalue weighted by molar-refractivity contribution is 0.580. The molecular weight excluding hydrogens is 120 g/mol. The van der Waals surface area contributed by atoms with Gasteiger partial charge in [-0.05, 0) is 25.7 Å². The first-order valence-corrected chi connectivity index (χ1v) is 4.18. The summed E-state index contributed by atoms with van der Waals surface area (Å²) >= 11 is 0. The second kappa shape index (κ2) is 3.60. The van der Waals surface area contributed by atoms with Crippen LogP contribution < -0.4 is 0 Å². The van der Waals surface area contributed by atoms with Gasteiger partial charge in [-0.2, -0.15) is 0 Å². The summed E-state index contributed by atoms with van der Waals surface area (Å²) in [6, 6.07) is 0. The van der Waals surface area contributed by atoms with Crippen molar-refractivity contribution in [2.75, 3.05) is 0 Å². The number of hydrogen-bond donors (Lipinski definition) is 0. The lowest BCUT2D eigenvalue weighted by Crippen LogP contribution is -1.98. The molecule has 1 rings (SSSR count). The minimum Gasteiger partial charge on any atom is -0.0837 e. The smallest absolute Gasteiger partial charge is 0.0193 e. The molecule has 0 aromatic carbocycles. The zero-order valence-electron chi connectivity index (χ0n) is 6.93. The van der Waals surface area contributed by atoms with Gasteiger partial charge in [-0.3, -0.25) is 0 Å². The van der Waals surface area contributed by atoms with Gasteiger partial charge in [0.05, 0.1) is 0 Å². The molecule has 0 aromatic rings. The Bertz CT molecular complexity index is 151. The Hall–Kier alpha value is -0.520. The first-order chi connectivity index (χ1) is 4.83. The molecule has 0 heterocycles. The van der Waals surface area contributed by atoms with E-state index in [1.807, 2.05) is 0 Å². The van der Waals surface area contributed by atoms with E-state index in [1.165, 1.54) is 24.8 Å². The van der Waals surface area contributed by atoms with Crippen molar-refractivity contribution in [3.8, 4) is 0 Å². The molecule has 0 nitrogen and oxygen atoms in total. The highest BCUT2D eigenvalue weighted by atomic mass is 14.1. The molecule has 0 heteroatoms. The summed E-state index contributed by atoms with van der Waals surface area (Å²) in [6.45, 7) is 4.43. The minimum absolute atomic E-state index is 0.829. The minimum atomic E-state index is 0.829. The fourth-order valence-electron chi connectivity index (χ4n) is 1.50. The number of allylic oxidation sites excluding steroid dienone is 4. The largest absolute Gasteiger partial charge is 0.0837 e. The summed E-state index contributed by atoms with van der Waals surface area (Å²) in [4.78, 5) is 0. The van der Waals surface area contributed by atoms with Crippen LogP contribution in [0.3, 0.4) is 0 Å². The Morgan fingerprint density at radius 2 is 2.40 bits per heavy atom. The van der Waals surface area contributed by atoms with Crippen LogP contribution in [0.5, 0.6) is 0 Å². The molecule has 0 fully saturated rings. The van der Waals surface area contributed by atoms with Crippen LogP contribution in [-0.2, 0) is 0 Å². The van der Waals surface area contributed by atoms with Crippen LogP contribution in [0.25, 0.3) is 0 Å². The van der Waals surface area contributed by atoms with E-state index in [-0.39, 0.29) is 0 Å². The molecule has 1 atom stereocenters. The molecule has 56 valence electrons. The van der Waals surface area contributed by atoms with Crippen molar-refractivity contribution in [3.05, 3.63) is 23.8 Å². The predicted molar refractivity (Wildman–Crippen MR) is 45.9 cm³/mol. The summed E-state index contributed by atoms with van der Waals surface area (Å²) < 4.78 is 0. The van der Waals surface area contributed by atoms with Crippen LogP contribution in [-0.4, -0.2) is 0 Å². The molecule has 0 spiro atoms. The van der Waals surface area contributed by atoms with Crippen molar-refractivity contribution >= 4 is 0 Å². The average Bonchev–Trinajstić information content (AvgIpc) is 1.88. The molecular formula is C10H16. The van der Waals surface area contributed by atoms with Crippen LogP contribution in [0, 0.1) is 5.92 Å². The molecule has 0 aromatic heterocycles. The fraction of sp³-hybridized carbons (Fsp3) is 0.600. The summed E-state index contributed by atoms with van der Waals surface area (Å²) in [5.41, 5.74) is 1.43. The monoisotopic (exact) mass is 136 g/mol. The highest BCUT2D eigenvalue weighted by Gasteiger charge is 2.04. The Kier molecular flexibility index (Phi) is 2.73. The molecule has 0 bridgehead atoms. The highest BCUT2D eigenvalue weighted by Crippen LogP contribution is 2.20. The van der Waals surface area contributed by atoms with E-state index in [1.54, 1.807) is 0 Å². The quantitative estimate of drug-likeness (QED) is 0.546. The van der Waals surface area contributed by atoms with Gasteiger partial charge >= 0.3 is 0 Å². The van der Waals surface area contributed by atoms with Crippen molar-refractivity contribution < 1.29 is 0 Å². The number of hydrogen-bond acceptors (Lipinski definition) is 0. The third-order valence-electron chi connectivity index (χ3n) is 1.98. The Morgan fingerprint density at radius 3 is 3.00 bits per heavy atom. The Morgan fingerprint density at radius 1 is 1.60 bits per heavy atom. The molecule has 1 aliphatic rings. The molecule has 0 saturated heterocycles. The standard InChI is InChI=1S/C10H16/c1-3-5-10-7-4-6-9(2)8-10/h4,6,8,10H,3,5,7H2,1-2H3. The van der Waals surface area contributed by atoms with Gasteiger partial charge in [0, 0.05) is 0 Å². The first-order valence-electron chi connectivity index (χ1n) is 4.18. The summed E-state index contributed by atoms with van der Waals surface area (Å²) in [5.74, 6) is 0.829. The number of rotatable bonds is 2. The normalized spacial score (nSPS) is 24.6. The van der Waals surface area contributed by atoms with Gasteiger partial charge in [0.2, 0.25) is 0 Å². The lowest BCUT2D eigenvalue weighted by Gasteiger charge is -2.13. The van der Waals surface area contributed by atoms with Gasteiger partial charge in [-0.25, -0.2) is 0 Å². The van der Waals surface area contributed by atoms with Gasteiger partial charge in [0.25, 0.3) is 0 Å². The highest BCUT2D eigenvalue weighted by molar-refractivity contribution is 5.21. The molecule has 1 aliphatic carbocycles. The van der Waals surface area contributed by atoms with Crippen molar-refractivity contribution in [1.29, 1.82) is 0 Å². The van der Waals surface area contributed by atoms with Crippen molar-refractivity contribution in [2.24, 2.45) is 5.92 Å². The van der Waals surface area contributed by atoms with Crippen molar-refractivity contribution in [3.63, 3.8) is 0 Å². The van der Waals surface area contributed by atoms with Crippen LogP contribution in [0.15, 0.2) is 23.8 Å².